The van der Waals surface area contributed by atoms with Gasteiger partial charge in [-0.25, -0.2) is 0 Å². The molecule has 0 bridgehead atoms. The van der Waals surface area contributed by atoms with Crippen molar-refractivity contribution in [2.45, 2.75) is 18.7 Å². The average Bonchev–Trinajstić information content (AvgIpc) is 2.38. The zero-order valence-electron chi connectivity index (χ0n) is 11.2. The molecule has 2 aromatic rings. The first-order valence-corrected chi connectivity index (χ1v) is 7.37. The van der Waals surface area contributed by atoms with Crippen LogP contribution in [0.3, 0.4) is 0 Å². The molecular weight excluding hydrogens is 324 g/mol. The van der Waals surface area contributed by atoms with Crippen LogP contribution in [-0.4, -0.2) is 7.11 Å². The molecule has 100 valence electrons. The smallest absolute Gasteiger partial charge is 0.124 e. The highest BCUT2D eigenvalue weighted by Crippen LogP contribution is 2.37. The van der Waals surface area contributed by atoms with E-state index >= 15 is 0 Å². The Kier molecular flexibility index (Phi) is 4.54. The molecule has 2 rings (SSSR count). The maximum absolute atomic E-state index is 6.25. The Balaban J connectivity index is 2.45. The van der Waals surface area contributed by atoms with Crippen molar-refractivity contribution in [2.24, 2.45) is 0 Å². The highest BCUT2D eigenvalue weighted by atomic mass is 79.9. The van der Waals surface area contributed by atoms with Gasteiger partial charge in [0, 0.05) is 5.02 Å². The molecule has 0 saturated heterocycles. The summed E-state index contributed by atoms with van der Waals surface area (Å²) in [4.78, 5) is 0.0875. The van der Waals surface area contributed by atoms with Gasteiger partial charge in [0.1, 0.15) is 5.75 Å². The number of aryl methyl sites for hydroxylation is 2. The third kappa shape index (κ3) is 2.96. The van der Waals surface area contributed by atoms with Gasteiger partial charge >= 0.3 is 0 Å². The summed E-state index contributed by atoms with van der Waals surface area (Å²) in [5.74, 6) is 0.947. The molecule has 0 heterocycles. The van der Waals surface area contributed by atoms with E-state index < -0.39 is 0 Å². The molecule has 19 heavy (non-hydrogen) atoms. The van der Waals surface area contributed by atoms with Crippen LogP contribution in [-0.2, 0) is 0 Å². The summed E-state index contributed by atoms with van der Waals surface area (Å²) < 4.78 is 5.40. The van der Waals surface area contributed by atoms with Crippen LogP contribution in [0.5, 0.6) is 5.75 Å². The predicted octanol–water partition coefficient (Wildman–Crippen LogP) is 5.45. The maximum atomic E-state index is 6.25. The molecule has 0 aliphatic carbocycles. The van der Waals surface area contributed by atoms with Gasteiger partial charge in [-0.05, 0) is 42.2 Å². The second kappa shape index (κ2) is 5.98. The number of rotatable bonds is 3. The molecule has 0 fully saturated rings. The second-order valence-corrected chi connectivity index (χ2v) is 5.89. The molecular formula is C16H16BrClO. The van der Waals surface area contributed by atoms with E-state index in [9.17, 15) is 0 Å². The van der Waals surface area contributed by atoms with Gasteiger partial charge in [0.15, 0.2) is 0 Å². The molecule has 2 aromatic carbocycles. The van der Waals surface area contributed by atoms with Gasteiger partial charge in [0.05, 0.1) is 11.9 Å². The summed E-state index contributed by atoms with van der Waals surface area (Å²) >= 11 is 9.99. The normalized spacial score (nSPS) is 12.3. The van der Waals surface area contributed by atoms with Crippen molar-refractivity contribution in [3.8, 4) is 5.75 Å². The van der Waals surface area contributed by atoms with Crippen LogP contribution < -0.4 is 4.74 Å². The fraction of sp³-hybridized carbons (Fsp3) is 0.250. The number of halogens is 2. The Morgan fingerprint density at radius 3 is 2.21 bits per heavy atom. The quantitative estimate of drug-likeness (QED) is 0.676. The van der Waals surface area contributed by atoms with E-state index in [-0.39, 0.29) is 4.83 Å². The Morgan fingerprint density at radius 1 is 1.11 bits per heavy atom. The van der Waals surface area contributed by atoms with Gasteiger partial charge in [-0.1, -0.05) is 57.9 Å². The SMILES string of the molecule is COc1c(C)cc(C(Br)c2ccccc2Cl)cc1C. The van der Waals surface area contributed by atoms with E-state index in [0.717, 1.165) is 27.5 Å². The summed E-state index contributed by atoms with van der Waals surface area (Å²) in [6.07, 6.45) is 0. The summed E-state index contributed by atoms with van der Waals surface area (Å²) in [6, 6.07) is 12.2. The van der Waals surface area contributed by atoms with Crippen LogP contribution in [0, 0.1) is 13.8 Å². The second-order valence-electron chi connectivity index (χ2n) is 4.57. The monoisotopic (exact) mass is 338 g/mol. The molecule has 0 amide bonds. The van der Waals surface area contributed by atoms with E-state index in [0.29, 0.717) is 0 Å². The molecule has 1 nitrogen and oxygen atoms in total. The van der Waals surface area contributed by atoms with Gasteiger partial charge in [0.25, 0.3) is 0 Å². The summed E-state index contributed by atoms with van der Waals surface area (Å²) in [6.45, 7) is 4.11. The van der Waals surface area contributed by atoms with Crippen molar-refractivity contribution in [2.75, 3.05) is 7.11 Å². The van der Waals surface area contributed by atoms with Crippen LogP contribution >= 0.6 is 27.5 Å². The first-order valence-electron chi connectivity index (χ1n) is 6.08. The Bertz CT molecular complexity index is 572. The van der Waals surface area contributed by atoms with Crippen molar-refractivity contribution in [1.29, 1.82) is 0 Å². The number of benzene rings is 2. The lowest BCUT2D eigenvalue weighted by molar-refractivity contribution is 0.408. The Morgan fingerprint density at radius 2 is 1.68 bits per heavy atom. The Labute approximate surface area is 127 Å². The van der Waals surface area contributed by atoms with E-state index in [1.165, 1.54) is 5.56 Å². The summed E-state index contributed by atoms with van der Waals surface area (Å²) in [5, 5.41) is 0.774. The van der Waals surface area contributed by atoms with E-state index in [1.54, 1.807) is 7.11 Å². The molecule has 0 aliphatic rings. The van der Waals surface area contributed by atoms with Crippen molar-refractivity contribution in [3.05, 3.63) is 63.7 Å². The molecule has 1 unspecified atom stereocenters. The lowest BCUT2D eigenvalue weighted by atomic mass is 9.99. The Hall–Kier alpha value is -0.990. The molecule has 3 heteroatoms. The fourth-order valence-corrected chi connectivity index (χ4v) is 3.35. The topological polar surface area (TPSA) is 9.23 Å². The van der Waals surface area contributed by atoms with Gasteiger partial charge in [-0.3, -0.25) is 0 Å². The minimum absolute atomic E-state index is 0.0875. The third-order valence-electron chi connectivity index (χ3n) is 3.16. The highest BCUT2D eigenvalue weighted by molar-refractivity contribution is 9.09. The molecule has 0 aromatic heterocycles. The van der Waals surface area contributed by atoms with E-state index in [1.807, 2.05) is 24.3 Å². The van der Waals surface area contributed by atoms with Gasteiger partial charge in [-0.2, -0.15) is 0 Å². The zero-order chi connectivity index (χ0) is 14.0. The first kappa shape index (κ1) is 14.4. The summed E-state index contributed by atoms with van der Waals surface area (Å²) in [5.41, 5.74) is 4.53. The van der Waals surface area contributed by atoms with E-state index in [4.69, 9.17) is 16.3 Å². The van der Waals surface area contributed by atoms with Crippen LogP contribution in [0.1, 0.15) is 27.1 Å². The fourth-order valence-electron chi connectivity index (χ4n) is 2.31. The maximum Gasteiger partial charge on any atom is 0.124 e. The highest BCUT2D eigenvalue weighted by Gasteiger charge is 2.15. The van der Waals surface area contributed by atoms with Crippen LogP contribution in [0.4, 0.5) is 0 Å². The number of hydrogen-bond acceptors (Lipinski definition) is 1. The van der Waals surface area contributed by atoms with Crippen LogP contribution in [0.15, 0.2) is 36.4 Å². The van der Waals surface area contributed by atoms with Crippen LogP contribution in [0.2, 0.25) is 5.02 Å². The van der Waals surface area contributed by atoms with Gasteiger partial charge in [0.2, 0.25) is 0 Å². The van der Waals surface area contributed by atoms with Crippen molar-refractivity contribution < 1.29 is 4.74 Å². The lowest BCUT2D eigenvalue weighted by Gasteiger charge is -2.16. The van der Waals surface area contributed by atoms with Crippen molar-refractivity contribution in [3.63, 3.8) is 0 Å². The number of methoxy groups -OCH3 is 1. The molecule has 0 aliphatic heterocycles. The number of alkyl halides is 1. The predicted molar refractivity (Wildman–Crippen MR) is 84.7 cm³/mol. The first-order chi connectivity index (χ1) is 9.04. The minimum Gasteiger partial charge on any atom is -0.496 e. The van der Waals surface area contributed by atoms with Gasteiger partial charge in [-0.15, -0.1) is 0 Å². The molecule has 0 spiro atoms. The summed E-state index contributed by atoms with van der Waals surface area (Å²) in [7, 11) is 1.70. The number of ether oxygens (including phenoxy) is 1. The van der Waals surface area contributed by atoms with Crippen molar-refractivity contribution >= 4 is 27.5 Å². The number of hydrogen-bond donors (Lipinski definition) is 0. The zero-order valence-corrected chi connectivity index (χ0v) is 13.5. The standard InChI is InChI=1S/C16H16BrClO/c1-10-8-12(9-11(2)16(10)19-3)15(17)13-6-4-5-7-14(13)18/h4-9,15H,1-3H3. The third-order valence-corrected chi connectivity index (χ3v) is 4.52. The molecule has 1 atom stereocenters. The van der Waals surface area contributed by atoms with Gasteiger partial charge < -0.3 is 4.74 Å². The lowest BCUT2D eigenvalue weighted by Crippen LogP contribution is -1.98. The van der Waals surface area contributed by atoms with E-state index in [2.05, 4.69) is 41.9 Å². The minimum atomic E-state index is 0.0875. The molecule has 0 N–H and O–H groups in total. The molecule has 0 radical (unpaired) electrons. The largest absolute Gasteiger partial charge is 0.496 e. The molecule has 0 saturated carbocycles. The van der Waals surface area contributed by atoms with Crippen LogP contribution in [0.25, 0.3) is 0 Å². The average molecular weight is 340 g/mol. The van der Waals surface area contributed by atoms with Crippen molar-refractivity contribution in [1.82, 2.24) is 0 Å².